The van der Waals surface area contributed by atoms with Gasteiger partial charge in [-0.2, -0.15) is 0 Å². The maximum absolute atomic E-state index is 13.3. The SMILES string of the molecule is O=C(Nc1ccc2c(c1)OCO2)C1CCN(C(=O)CN2C(=O)N[C@]3(CCc4ccccc43)C2=O)CC1. The zero-order valence-electron chi connectivity index (χ0n) is 19.6. The average Bonchev–Trinajstić information content (AvgIpc) is 3.57. The molecule has 6 rings (SSSR count). The number of benzene rings is 2. The minimum absolute atomic E-state index is 0.114. The number of imide groups is 1. The second kappa shape index (κ2) is 8.54. The van der Waals surface area contributed by atoms with Crippen LogP contribution in [0, 0.1) is 5.92 Å². The molecule has 1 aliphatic carbocycles. The molecule has 186 valence electrons. The highest BCUT2D eigenvalue weighted by molar-refractivity contribution is 6.10. The second-order valence-electron chi connectivity index (χ2n) is 9.60. The van der Waals surface area contributed by atoms with Crippen molar-refractivity contribution in [2.45, 2.75) is 31.2 Å². The van der Waals surface area contributed by atoms with E-state index in [-0.39, 0.29) is 37.0 Å². The molecule has 10 nitrogen and oxygen atoms in total. The summed E-state index contributed by atoms with van der Waals surface area (Å²) in [6, 6.07) is 12.3. The number of fused-ring (bicyclic) bond motifs is 3. The van der Waals surface area contributed by atoms with Crippen LogP contribution in [-0.2, 0) is 26.3 Å². The summed E-state index contributed by atoms with van der Waals surface area (Å²) in [6.07, 6.45) is 2.19. The molecule has 0 saturated carbocycles. The number of hydrogen-bond donors (Lipinski definition) is 2. The van der Waals surface area contributed by atoms with Gasteiger partial charge < -0.3 is 25.0 Å². The van der Waals surface area contributed by atoms with Crippen LogP contribution in [0.15, 0.2) is 42.5 Å². The lowest BCUT2D eigenvalue weighted by atomic mass is 9.92. The van der Waals surface area contributed by atoms with E-state index in [9.17, 15) is 19.2 Å². The van der Waals surface area contributed by atoms with Crippen molar-refractivity contribution in [1.29, 1.82) is 0 Å². The summed E-state index contributed by atoms with van der Waals surface area (Å²) in [5, 5.41) is 5.76. The third-order valence-corrected chi connectivity index (χ3v) is 7.57. The first-order valence-corrected chi connectivity index (χ1v) is 12.2. The summed E-state index contributed by atoms with van der Waals surface area (Å²) in [4.78, 5) is 54.4. The summed E-state index contributed by atoms with van der Waals surface area (Å²) in [7, 11) is 0. The lowest BCUT2D eigenvalue weighted by Crippen LogP contribution is -2.47. The molecule has 0 radical (unpaired) electrons. The summed E-state index contributed by atoms with van der Waals surface area (Å²) in [5.74, 6) is 0.219. The molecule has 2 aromatic carbocycles. The van der Waals surface area contributed by atoms with Gasteiger partial charge in [0.05, 0.1) is 0 Å². The largest absolute Gasteiger partial charge is 0.454 e. The Morgan fingerprint density at radius 2 is 1.83 bits per heavy atom. The first kappa shape index (κ1) is 22.4. The van der Waals surface area contributed by atoms with Crippen molar-refractivity contribution < 1.29 is 28.7 Å². The molecule has 5 amide bonds. The number of carbonyl (C=O) groups excluding carboxylic acids is 4. The predicted octanol–water partition coefficient (Wildman–Crippen LogP) is 1.99. The first-order valence-electron chi connectivity index (χ1n) is 12.2. The number of anilines is 1. The van der Waals surface area contributed by atoms with Crippen LogP contribution in [0.3, 0.4) is 0 Å². The Balaban J connectivity index is 1.05. The van der Waals surface area contributed by atoms with E-state index in [2.05, 4.69) is 10.6 Å². The Labute approximate surface area is 207 Å². The van der Waals surface area contributed by atoms with Gasteiger partial charge in [-0.15, -0.1) is 0 Å². The van der Waals surface area contributed by atoms with Crippen LogP contribution >= 0.6 is 0 Å². The van der Waals surface area contributed by atoms with Gasteiger partial charge in [0.1, 0.15) is 12.1 Å². The summed E-state index contributed by atoms with van der Waals surface area (Å²) in [6.45, 7) is 0.631. The average molecular weight is 491 g/mol. The topological polar surface area (TPSA) is 117 Å². The molecule has 2 saturated heterocycles. The molecular weight excluding hydrogens is 464 g/mol. The van der Waals surface area contributed by atoms with Crippen LogP contribution in [0.4, 0.5) is 10.5 Å². The quantitative estimate of drug-likeness (QED) is 0.633. The van der Waals surface area contributed by atoms with Gasteiger partial charge in [-0.3, -0.25) is 19.3 Å². The normalized spacial score (nSPS) is 22.7. The Bertz CT molecular complexity index is 1270. The molecule has 4 aliphatic rings. The molecular formula is C26H26N4O6. The van der Waals surface area contributed by atoms with E-state index in [0.29, 0.717) is 56.0 Å². The van der Waals surface area contributed by atoms with E-state index in [1.807, 2.05) is 24.3 Å². The van der Waals surface area contributed by atoms with Gasteiger partial charge in [0.25, 0.3) is 5.91 Å². The minimum Gasteiger partial charge on any atom is -0.454 e. The van der Waals surface area contributed by atoms with Crippen molar-refractivity contribution in [3.05, 3.63) is 53.6 Å². The number of hydrogen-bond acceptors (Lipinski definition) is 6. The van der Waals surface area contributed by atoms with Gasteiger partial charge in [-0.25, -0.2) is 4.79 Å². The lowest BCUT2D eigenvalue weighted by Gasteiger charge is -2.32. The Morgan fingerprint density at radius 1 is 1.06 bits per heavy atom. The molecule has 0 aromatic heterocycles. The monoisotopic (exact) mass is 490 g/mol. The number of nitrogens with zero attached hydrogens (tertiary/aromatic N) is 2. The number of ether oxygens (including phenoxy) is 2. The number of rotatable bonds is 4. The van der Waals surface area contributed by atoms with E-state index in [1.165, 1.54) is 0 Å². The molecule has 3 heterocycles. The van der Waals surface area contributed by atoms with Crippen molar-refractivity contribution >= 4 is 29.4 Å². The molecule has 1 atom stereocenters. The van der Waals surface area contributed by atoms with E-state index < -0.39 is 11.6 Å². The van der Waals surface area contributed by atoms with Crippen molar-refractivity contribution in [2.24, 2.45) is 5.92 Å². The number of urea groups is 1. The number of amides is 5. The first-order chi connectivity index (χ1) is 17.4. The van der Waals surface area contributed by atoms with Gasteiger partial charge in [0.15, 0.2) is 11.5 Å². The van der Waals surface area contributed by atoms with Crippen molar-refractivity contribution in [2.75, 3.05) is 31.7 Å². The Hall–Kier alpha value is -4.08. The van der Waals surface area contributed by atoms with Gasteiger partial charge >= 0.3 is 6.03 Å². The fourth-order valence-electron chi connectivity index (χ4n) is 5.58. The third kappa shape index (κ3) is 3.64. The summed E-state index contributed by atoms with van der Waals surface area (Å²) < 4.78 is 10.6. The fraction of sp³-hybridized carbons (Fsp3) is 0.385. The third-order valence-electron chi connectivity index (χ3n) is 7.57. The maximum atomic E-state index is 13.3. The molecule has 2 aromatic rings. The van der Waals surface area contributed by atoms with E-state index in [4.69, 9.17) is 9.47 Å². The fourth-order valence-corrected chi connectivity index (χ4v) is 5.58. The van der Waals surface area contributed by atoms with Crippen LogP contribution < -0.4 is 20.1 Å². The molecule has 36 heavy (non-hydrogen) atoms. The smallest absolute Gasteiger partial charge is 0.325 e. The molecule has 0 bridgehead atoms. The van der Waals surface area contributed by atoms with E-state index in [1.54, 1.807) is 23.1 Å². The van der Waals surface area contributed by atoms with Gasteiger partial charge in [0.2, 0.25) is 18.6 Å². The van der Waals surface area contributed by atoms with Crippen molar-refractivity contribution in [1.82, 2.24) is 15.1 Å². The highest BCUT2D eigenvalue weighted by atomic mass is 16.7. The van der Waals surface area contributed by atoms with Crippen molar-refractivity contribution in [3.63, 3.8) is 0 Å². The maximum Gasteiger partial charge on any atom is 0.325 e. The van der Waals surface area contributed by atoms with Crippen LogP contribution in [0.5, 0.6) is 11.5 Å². The Kier molecular flexibility index (Phi) is 5.31. The lowest BCUT2D eigenvalue weighted by molar-refractivity contribution is -0.140. The summed E-state index contributed by atoms with van der Waals surface area (Å²) in [5.41, 5.74) is 1.41. The number of carbonyl (C=O) groups is 4. The second-order valence-corrected chi connectivity index (χ2v) is 9.60. The van der Waals surface area contributed by atoms with Crippen molar-refractivity contribution in [3.8, 4) is 11.5 Å². The van der Waals surface area contributed by atoms with Crippen LogP contribution in [0.2, 0.25) is 0 Å². The van der Waals surface area contributed by atoms with Crippen LogP contribution in [-0.4, -0.2) is 60.0 Å². The minimum atomic E-state index is -1.08. The summed E-state index contributed by atoms with van der Waals surface area (Å²) >= 11 is 0. The number of nitrogens with one attached hydrogen (secondary N) is 2. The highest BCUT2D eigenvalue weighted by Crippen LogP contribution is 2.41. The number of piperidine rings is 1. The standard InChI is InChI=1S/C26H26N4O6/c31-22(14-30-24(33)26(28-25(30)34)10-7-16-3-1-2-4-19(16)26)29-11-8-17(9-12-29)23(32)27-18-5-6-20-21(13-18)36-15-35-20/h1-6,13,17H,7-12,14-15H2,(H,27,32)(H,28,34)/t26-/m0/s1. The zero-order valence-corrected chi connectivity index (χ0v) is 19.6. The highest BCUT2D eigenvalue weighted by Gasteiger charge is 2.55. The molecule has 2 fully saturated rings. The van der Waals surface area contributed by atoms with Gasteiger partial charge in [-0.05, 0) is 48.9 Å². The zero-order chi connectivity index (χ0) is 24.9. The molecule has 1 spiro atoms. The molecule has 3 aliphatic heterocycles. The van der Waals surface area contributed by atoms with Gasteiger partial charge in [0, 0.05) is 30.8 Å². The van der Waals surface area contributed by atoms with Crippen LogP contribution in [0.25, 0.3) is 0 Å². The molecule has 10 heteroatoms. The van der Waals surface area contributed by atoms with Crippen LogP contribution in [0.1, 0.15) is 30.4 Å². The van der Waals surface area contributed by atoms with Gasteiger partial charge in [-0.1, -0.05) is 24.3 Å². The number of likely N-dealkylation sites (tertiary alicyclic amines) is 1. The van der Waals surface area contributed by atoms with E-state index >= 15 is 0 Å². The Morgan fingerprint density at radius 3 is 2.67 bits per heavy atom. The van der Waals surface area contributed by atoms with E-state index in [0.717, 1.165) is 16.0 Å². The molecule has 0 unspecified atom stereocenters. The predicted molar refractivity (Wildman–Crippen MR) is 127 cm³/mol. The number of aryl methyl sites for hydroxylation is 1. The molecule has 2 N–H and O–H groups in total.